The van der Waals surface area contributed by atoms with Crippen molar-refractivity contribution in [3.63, 3.8) is 0 Å². The van der Waals surface area contributed by atoms with Crippen molar-refractivity contribution in [3.05, 3.63) is 18.2 Å². The van der Waals surface area contributed by atoms with Gasteiger partial charge < -0.3 is 16.0 Å². The quantitative estimate of drug-likeness (QED) is 0.565. The summed E-state index contributed by atoms with van der Waals surface area (Å²) in [6, 6.07) is 5.21. The summed E-state index contributed by atoms with van der Waals surface area (Å²) in [5.74, 6) is 1.25. The highest BCUT2D eigenvalue weighted by Crippen LogP contribution is 2.44. The van der Waals surface area contributed by atoms with Crippen LogP contribution >= 0.6 is 0 Å². The van der Waals surface area contributed by atoms with Gasteiger partial charge in [0, 0.05) is 26.7 Å². The number of nitrogens with one attached hydrogen (secondary N) is 3. The van der Waals surface area contributed by atoms with Gasteiger partial charge in [0.25, 0.3) is 0 Å². The fourth-order valence-electron chi connectivity index (χ4n) is 3.33. The maximum Gasteiger partial charge on any atom is 0.242 e. The Kier molecular flexibility index (Phi) is 5.95. The van der Waals surface area contributed by atoms with Crippen LogP contribution in [0.1, 0.15) is 32.6 Å². The second kappa shape index (κ2) is 8.06. The van der Waals surface area contributed by atoms with Gasteiger partial charge in [0.2, 0.25) is 15.9 Å². The van der Waals surface area contributed by atoms with Crippen LogP contribution < -0.4 is 16.0 Å². The molecule has 1 amide bonds. The number of rotatable bonds is 10. The first-order chi connectivity index (χ1) is 12.8. The van der Waals surface area contributed by atoms with Crippen LogP contribution in [0.2, 0.25) is 0 Å². The number of hydrogen-bond acceptors (Lipinski definition) is 5. The van der Waals surface area contributed by atoms with E-state index in [4.69, 9.17) is 0 Å². The molecule has 8 heteroatoms. The van der Waals surface area contributed by atoms with Gasteiger partial charge in [0.05, 0.1) is 22.8 Å². The Labute approximate surface area is 161 Å². The first-order valence-electron chi connectivity index (χ1n) is 9.66. The Balaban J connectivity index is 1.69. The Morgan fingerprint density at radius 1 is 1.11 bits per heavy atom. The van der Waals surface area contributed by atoms with Crippen LogP contribution in [0.15, 0.2) is 23.1 Å². The van der Waals surface area contributed by atoms with Gasteiger partial charge in [-0.3, -0.25) is 4.79 Å². The Morgan fingerprint density at radius 3 is 2.26 bits per heavy atom. The van der Waals surface area contributed by atoms with Gasteiger partial charge >= 0.3 is 0 Å². The molecule has 1 aromatic carbocycles. The number of anilines is 2. The number of nitrogens with zero attached hydrogens (tertiary/aromatic N) is 1. The normalized spacial score (nSPS) is 17.2. The van der Waals surface area contributed by atoms with E-state index in [9.17, 15) is 13.2 Å². The van der Waals surface area contributed by atoms with E-state index in [0.29, 0.717) is 30.1 Å². The molecule has 3 rings (SSSR count). The SMILES string of the molecule is CCNc1ccc(S(=O)(=O)N(C)C)cc1NCC(=O)NC(C1CC1)C1CC1. The standard InChI is InChI=1S/C19H30N4O3S/c1-4-20-16-10-9-15(27(25,26)23(2)3)11-17(16)21-12-18(24)22-19(13-5-6-13)14-7-8-14/h9-11,13-14,19-21H,4-8,12H2,1-3H3,(H,22,24). The minimum Gasteiger partial charge on any atom is -0.384 e. The monoisotopic (exact) mass is 394 g/mol. The first-order valence-corrected chi connectivity index (χ1v) is 11.1. The van der Waals surface area contributed by atoms with Gasteiger partial charge in [-0.1, -0.05) is 0 Å². The average molecular weight is 395 g/mol. The number of hydrogen-bond donors (Lipinski definition) is 3. The van der Waals surface area contributed by atoms with Crippen LogP contribution in [-0.2, 0) is 14.8 Å². The molecule has 0 unspecified atom stereocenters. The zero-order valence-corrected chi connectivity index (χ0v) is 17.1. The van der Waals surface area contributed by atoms with Crippen molar-refractivity contribution in [2.24, 2.45) is 11.8 Å². The van der Waals surface area contributed by atoms with E-state index in [1.807, 2.05) is 6.92 Å². The molecule has 2 aliphatic rings. The topological polar surface area (TPSA) is 90.5 Å². The molecule has 7 nitrogen and oxygen atoms in total. The summed E-state index contributed by atoms with van der Waals surface area (Å²) in [6.45, 7) is 2.79. The molecular formula is C19H30N4O3S. The summed E-state index contributed by atoms with van der Waals surface area (Å²) in [5, 5.41) is 9.50. The van der Waals surface area contributed by atoms with Crippen molar-refractivity contribution in [2.75, 3.05) is 37.8 Å². The van der Waals surface area contributed by atoms with Gasteiger partial charge in [-0.15, -0.1) is 0 Å². The minimum atomic E-state index is -3.53. The molecule has 0 heterocycles. The fourth-order valence-corrected chi connectivity index (χ4v) is 4.26. The molecule has 2 fully saturated rings. The molecule has 0 aromatic heterocycles. The van der Waals surface area contributed by atoms with Crippen molar-refractivity contribution < 1.29 is 13.2 Å². The molecule has 0 atom stereocenters. The summed E-state index contributed by atoms with van der Waals surface area (Å²) in [7, 11) is -0.522. The highest BCUT2D eigenvalue weighted by atomic mass is 32.2. The van der Waals surface area contributed by atoms with Gasteiger partial charge in [0.1, 0.15) is 0 Å². The van der Waals surface area contributed by atoms with E-state index in [-0.39, 0.29) is 17.3 Å². The number of carbonyl (C=O) groups is 1. The van der Waals surface area contributed by atoms with Crippen molar-refractivity contribution in [3.8, 4) is 0 Å². The summed E-state index contributed by atoms with van der Waals surface area (Å²) in [5.41, 5.74) is 1.40. The number of sulfonamides is 1. The largest absolute Gasteiger partial charge is 0.384 e. The second-order valence-corrected chi connectivity index (χ2v) is 9.80. The number of benzene rings is 1. The minimum absolute atomic E-state index is 0.0397. The lowest BCUT2D eigenvalue weighted by molar-refractivity contribution is -0.120. The molecule has 27 heavy (non-hydrogen) atoms. The summed E-state index contributed by atoms with van der Waals surface area (Å²) >= 11 is 0. The van der Waals surface area contributed by atoms with Gasteiger partial charge in [-0.05, 0) is 62.6 Å². The van der Waals surface area contributed by atoms with Crippen molar-refractivity contribution in [2.45, 2.75) is 43.5 Å². The average Bonchev–Trinajstić information content (AvgIpc) is 3.52. The maximum absolute atomic E-state index is 12.4. The summed E-state index contributed by atoms with van der Waals surface area (Å²) in [4.78, 5) is 12.6. The molecular weight excluding hydrogens is 364 g/mol. The lowest BCUT2D eigenvalue weighted by Crippen LogP contribution is -2.41. The molecule has 150 valence electrons. The van der Waals surface area contributed by atoms with E-state index in [1.54, 1.807) is 18.2 Å². The predicted molar refractivity (Wildman–Crippen MR) is 107 cm³/mol. The maximum atomic E-state index is 12.4. The van der Waals surface area contributed by atoms with Crippen LogP contribution in [0.4, 0.5) is 11.4 Å². The molecule has 0 saturated heterocycles. The van der Waals surface area contributed by atoms with Crippen LogP contribution in [0.25, 0.3) is 0 Å². The number of amides is 1. The summed E-state index contributed by atoms with van der Waals surface area (Å²) < 4.78 is 26.0. The second-order valence-electron chi connectivity index (χ2n) is 7.65. The molecule has 2 aliphatic carbocycles. The zero-order valence-electron chi connectivity index (χ0n) is 16.3. The van der Waals surface area contributed by atoms with E-state index in [0.717, 1.165) is 5.69 Å². The molecule has 3 N–H and O–H groups in total. The lowest BCUT2D eigenvalue weighted by atomic mass is 10.1. The van der Waals surface area contributed by atoms with Gasteiger partial charge in [0.15, 0.2) is 0 Å². The van der Waals surface area contributed by atoms with Crippen LogP contribution in [0.5, 0.6) is 0 Å². The van der Waals surface area contributed by atoms with E-state index in [2.05, 4.69) is 16.0 Å². The third kappa shape index (κ3) is 4.93. The predicted octanol–water partition coefficient (Wildman–Crippen LogP) is 2.09. The van der Waals surface area contributed by atoms with Crippen LogP contribution in [0.3, 0.4) is 0 Å². The smallest absolute Gasteiger partial charge is 0.242 e. The van der Waals surface area contributed by atoms with Gasteiger partial charge in [-0.25, -0.2) is 12.7 Å². The van der Waals surface area contributed by atoms with Crippen molar-refractivity contribution in [1.82, 2.24) is 9.62 Å². The molecule has 2 saturated carbocycles. The molecule has 1 aromatic rings. The Bertz CT molecular complexity index is 774. The number of carbonyl (C=O) groups excluding carboxylic acids is 1. The molecule has 0 spiro atoms. The lowest BCUT2D eigenvalue weighted by Gasteiger charge is -2.19. The van der Waals surface area contributed by atoms with E-state index < -0.39 is 10.0 Å². The van der Waals surface area contributed by atoms with Gasteiger partial charge in [-0.2, -0.15) is 0 Å². The van der Waals surface area contributed by atoms with Crippen LogP contribution in [-0.4, -0.2) is 51.9 Å². The van der Waals surface area contributed by atoms with Crippen LogP contribution in [0, 0.1) is 11.8 Å². The van der Waals surface area contributed by atoms with E-state index in [1.165, 1.54) is 44.1 Å². The zero-order chi connectivity index (χ0) is 19.6. The molecule has 0 bridgehead atoms. The molecule has 0 aliphatic heterocycles. The highest BCUT2D eigenvalue weighted by Gasteiger charge is 2.42. The third-order valence-electron chi connectivity index (χ3n) is 5.16. The Hall–Kier alpha value is -1.80. The molecule has 0 radical (unpaired) electrons. The third-order valence-corrected chi connectivity index (χ3v) is 6.97. The first kappa shape index (κ1) is 19.9. The van der Waals surface area contributed by atoms with E-state index >= 15 is 0 Å². The van der Waals surface area contributed by atoms with Crippen molar-refractivity contribution in [1.29, 1.82) is 0 Å². The summed E-state index contributed by atoms with van der Waals surface area (Å²) in [6.07, 6.45) is 4.85. The highest BCUT2D eigenvalue weighted by molar-refractivity contribution is 7.89. The Morgan fingerprint density at radius 2 is 1.74 bits per heavy atom. The van der Waals surface area contributed by atoms with Crippen molar-refractivity contribution >= 4 is 27.3 Å². The fraction of sp³-hybridized carbons (Fsp3) is 0.632.